The first kappa shape index (κ1) is 23.9. The third-order valence-corrected chi connectivity index (χ3v) is 6.85. The molecule has 0 unspecified atom stereocenters. The summed E-state index contributed by atoms with van der Waals surface area (Å²) in [6.07, 6.45) is 0.663. The molecule has 6 nitrogen and oxygen atoms in total. The number of hydrogen-bond donors (Lipinski definition) is 1. The Labute approximate surface area is 210 Å². The van der Waals surface area contributed by atoms with Crippen molar-refractivity contribution in [2.24, 2.45) is 0 Å². The van der Waals surface area contributed by atoms with Crippen LogP contribution in [0.3, 0.4) is 0 Å². The van der Waals surface area contributed by atoms with Crippen LogP contribution in [-0.2, 0) is 17.8 Å². The summed E-state index contributed by atoms with van der Waals surface area (Å²) in [7, 11) is 0. The lowest BCUT2D eigenvalue weighted by Crippen LogP contribution is -2.50. The van der Waals surface area contributed by atoms with E-state index in [0.717, 1.165) is 16.7 Å². The fourth-order valence-electron chi connectivity index (χ4n) is 5.26. The molecule has 0 saturated carbocycles. The molecule has 1 N–H and O–H groups in total. The van der Waals surface area contributed by atoms with Crippen molar-refractivity contribution in [2.45, 2.75) is 38.8 Å². The molecule has 0 fully saturated rings. The highest BCUT2D eigenvalue weighted by Gasteiger charge is 2.46. The second-order valence-electron chi connectivity index (χ2n) is 8.97. The maximum absolute atomic E-state index is 13.8. The Kier molecular flexibility index (Phi) is 6.63. The number of halogens is 1. The second-order valence-corrected chi connectivity index (χ2v) is 8.97. The Bertz CT molecular complexity index is 1290. The van der Waals surface area contributed by atoms with Crippen molar-refractivity contribution in [3.05, 3.63) is 94.3 Å². The van der Waals surface area contributed by atoms with Crippen LogP contribution in [0.25, 0.3) is 0 Å². The predicted octanol–water partition coefficient (Wildman–Crippen LogP) is 4.78. The number of hydrogen-bond acceptors (Lipinski definition) is 4. The molecule has 36 heavy (non-hydrogen) atoms. The monoisotopic (exact) mass is 488 g/mol. The maximum Gasteiger partial charge on any atom is 0.254 e. The quantitative estimate of drug-likeness (QED) is 0.520. The summed E-state index contributed by atoms with van der Waals surface area (Å²) in [5.41, 5.74) is 4.01. The van der Waals surface area contributed by atoms with E-state index in [1.165, 1.54) is 12.1 Å². The molecule has 0 aliphatic carbocycles. The van der Waals surface area contributed by atoms with Crippen LogP contribution in [0, 0.1) is 5.82 Å². The molecular weight excluding hydrogens is 459 g/mol. The van der Waals surface area contributed by atoms with Crippen molar-refractivity contribution < 1.29 is 23.5 Å². The summed E-state index contributed by atoms with van der Waals surface area (Å²) in [4.78, 5) is 29.1. The van der Waals surface area contributed by atoms with E-state index in [4.69, 9.17) is 9.47 Å². The van der Waals surface area contributed by atoms with Crippen LogP contribution in [0.5, 0.6) is 11.5 Å². The molecule has 5 rings (SSSR count). The third-order valence-electron chi connectivity index (χ3n) is 6.85. The van der Waals surface area contributed by atoms with Gasteiger partial charge in [0.15, 0.2) is 11.5 Å². The molecule has 2 heterocycles. The van der Waals surface area contributed by atoms with Crippen molar-refractivity contribution >= 4 is 11.8 Å². The van der Waals surface area contributed by atoms with E-state index < -0.39 is 12.0 Å². The zero-order valence-electron chi connectivity index (χ0n) is 20.4. The summed E-state index contributed by atoms with van der Waals surface area (Å²) >= 11 is 0. The first-order valence-corrected chi connectivity index (χ1v) is 12.4. The Morgan fingerprint density at radius 1 is 1.00 bits per heavy atom. The van der Waals surface area contributed by atoms with Crippen LogP contribution >= 0.6 is 0 Å². The lowest BCUT2D eigenvalue weighted by Gasteiger charge is -2.45. The number of nitrogens with one attached hydrogen (secondary N) is 1. The van der Waals surface area contributed by atoms with Crippen LogP contribution in [0.2, 0.25) is 0 Å². The van der Waals surface area contributed by atoms with Gasteiger partial charge in [0.2, 0.25) is 5.91 Å². The maximum atomic E-state index is 13.8. The largest absolute Gasteiger partial charge is 0.490 e. The lowest BCUT2D eigenvalue weighted by molar-refractivity contribution is -0.124. The highest BCUT2D eigenvalue weighted by Crippen LogP contribution is 2.48. The zero-order valence-corrected chi connectivity index (χ0v) is 20.4. The number of benzene rings is 3. The summed E-state index contributed by atoms with van der Waals surface area (Å²) in [6.45, 7) is 5.58. The molecule has 0 radical (unpaired) electrons. The number of fused-ring (bicyclic) bond motifs is 4. The molecule has 0 aromatic heterocycles. The Morgan fingerprint density at radius 3 is 2.42 bits per heavy atom. The molecule has 2 amide bonds. The van der Waals surface area contributed by atoms with E-state index >= 15 is 0 Å². The van der Waals surface area contributed by atoms with E-state index in [0.29, 0.717) is 48.8 Å². The first-order chi connectivity index (χ1) is 17.5. The molecule has 0 spiro atoms. The van der Waals surface area contributed by atoms with Crippen molar-refractivity contribution in [3.63, 3.8) is 0 Å². The number of carbonyl (C=O) groups is 2. The van der Waals surface area contributed by atoms with Gasteiger partial charge in [-0.25, -0.2) is 4.39 Å². The van der Waals surface area contributed by atoms with E-state index in [2.05, 4.69) is 5.32 Å². The van der Waals surface area contributed by atoms with Crippen molar-refractivity contribution in [2.75, 3.05) is 19.8 Å². The zero-order chi connectivity index (χ0) is 25.2. The fourth-order valence-corrected chi connectivity index (χ4v) is 5.26. The smallest absolute Gasteiger partial charge is 0.254 e. The first-order valence-electron chi connectivity index (χ1n) is 12.4. The van der Waals surface area contributed by atoms with Gasteiger partial charge in [-0.1, -0.05) is 30.3 Å². The molecule has 3 aromatic carbocycles. The standard InChI is InChI=1S/C29H29FN2O4/c1-3-35-24-15-19-13-14-32-27(23(19)16-25(24)36-4-2)26(21-7-5-6-8-22(21)29(32)34)28(33)31-17-18-9-11-20(30)12-10-18/h5-12,15-16,26-27H,3-4,13-14,17H2,1-2H3,(H,31,33)/t26-,27-/m1/s1. The van der Waals surface area contributed by atoms with Gasteiger partial charge in [-0.2, -0.15) is 0 Å². The molecule has 0 saturated heterocycles. The van der Waals surface area contributed by atoms with Crippen molar-refractivity contribution in [3.8, 4) is 11.5 Å². The summed E-state index contributed by atoms with van der Waals surface area (Å²) in [5, 5.41) is 3.02. The molecule has 186 valence electrons. The molecule has 2 aliphatic rings. The summed E-state index contributed by atoms with van der Waals surface area (Å²) in [6, 6.07) is 16.8. The van der Waals surface area contributed by atoms with Crippen LogP contribution in [0.4, 0.5) is 4.39 Å². The Hall–Kier alpha value is -3.87. The van der Waals surface area contributed by atoms with Gasteiger partial charge in [-0.05, 0) is 72.9 Å². The number of carbonyl (C=O) groups excluding carboxylic acids is 2. The lowest BCUT2D eigenvalue weighted by atomic mass is 9.75. The van der Waals surface area contributed by atoms with Gasteiger partial charge in [0.1, 0.15) is 5.82 Å². The second kappa shape index (κ2) is 10.0. The van der Waals surface area contributed by atoms with Gasteiger partial charge in [0.05, 0.1) is 25.2 Å². The minimum atomic E-state index is -0.606. The van der Waals surface area contributed by atoms with Crippen LogP contribution < -0.4 is 14.8 Å². The number of ether oxygens (including phenoxy) is 2. The third kappa shape index (κ3) is 4.30. The Balaban J connectivity index is 1.57. The molecule has 7 heteroatoms. The highest BCUT2D eigenvalue weighted by atomic mass is 19.1. The SMILES string of the molecule is CCOc1cc2c(cc1OCC)[C@@H]1[C@H](C(=O)NCc3ccc(F)cc3)c3ccccc3C(=O)N1CC2. The van der Waals surface area contributed by atoms with E-state index in [1.807, 2.05) is 49.1 Å². The molecular formula is C29H29FN2O4. The number of rotatable bonds is 7. The minimum absolute atomic E-state index is 0.0734. The molecule has 0 bridgehead atoms. The molecule has 2 atom stereocenters. The topological polar surface area (TPSA) is 67.9 Å². The molecule has 2 aliphatic heterocycles. The normalized spacial score (nSPS) is 18.1. The Morgan fingerprint density at radius 2 is 1.69 bits per heavy atom. The summed E-state index contributed by atoms with van der Waals surface area (Å²) in [5.74, 6) is 0.0920. The van der Waals surface area contributed by atoms with E-state index in [-0.39, 0.29) is 24.2 Å². The van der Waals surface area contributed by atoms with Crippen LogP contribution in [-0.4, -0.2) is 36.5 Å². The van der Waals surface area contributed by atoms with Gasteiger partial charge in [0, 0.05) is 18.7 Å². The fraction of sp³-hybridized carbons (Fsp3) is 0.310. The van der Waals surface area contributed by atoms with Gasteiger partial charge in [-0.3, -0.25) is 9.59 Å². The van der Waals surface area contributed by atoms with Gasteiger partial charge in [-0.15, -0.1) is 0 Å². The van der Waals surface area contributed by atoms with Gasteiger partial charge < -0.3 is 19.7 Å². The van der Waals surface area contributed by atoms with Gasteiger partial charge >= 0.3 is 0 Å². The average Bonchev–Trinajstić information content (AvgIpc) is 2.89. The van der Waals surface area contributed by atoms with Crippen molar-refractivity contribution in [1.82, 2.24) is 10.2 Å². The van der Waals surface area contributed by atoms with Crippen molar-refractivity contribution in [1.29, 1.82) is 0 Å². The summed E-state index contributed by atoms with van der Waals surface area (Å²) < 4.78 is 25.0. The average molecular weight is 489 g/mol. The predicted molar refractivity (Wildman–Crippen MR) is 134 cm³/mol. The van der Waals surface area contributed by atoms with Gasteiger partial charge in [0.25, 0.3) is 5.91 Å². The minimum Gasteiger partial charge on any atom is -0.490 e. The highest BCUT2D eigenvalue weighted by molar-refractivity contribution is 6.01. The van der Waals surface area contributed by atoms with Crippen LogP contribution in [0.1, 0.15) is 58.4 Å². The van der Waals surface area contributed by atoms with E-state index in [9.17, 15) is 14.0 Å². The van der Waals surface area contributed by atoms with E-state index in [1.54, 1.807) is 18.2 Å². The number of amides is 2. The molecule has 3 aromatic rings. The number of nitrogens with zero attached hydrogens (tertiary/aromatic N) is 1. The van der Waals surface area contributed by atoms with Crippen LogP contribution in [0.15, 0.2) is 60.7 Å².